The SMILES string of the molecule is C[C@H](Sc1ccc(Cl)cc1)C(=O)NCc1ccc(Cl)cc1. The summed E-state index contributed by atoms with van der Waals surface area (Å²) >= 11 is 13.2. The Morgan fingerprint density at radius 1 is 1.05 bits per heavy atom. The van der Waals surface area contributed by atoms with E-state index in [1.807, 2.05) is 55.5 Å². The van der Waals surface area contributed by atoms with E-state index in [-0.39, 0.29) is 11.2 Å². The number of nitrogens with one attached hydrogen (secondary N) is 1. The summed E-state index contributed by atoms with van der Waals surface area (Å²) in [7, 11) is 0. The molecule has 0 aliphatic rings. The lowest BCUT2D eigenvalue weighted by atomic mass is 10.2. The van der Waals surface area contributed by atoms with Crippen LogP contribution in [0.1, 0.15) is 12.5 Å². The van der Waals surface area contributed by atoms with Gasteiger partial charge in [0.1, 0.15) is 0 Å². The average Bonchev–Trinajstić information content (AvgIpc) is 2.48. The molecule has 5 heteroatoms. The molecule has 0 fully saturated rings. The van der Waals surface area contributed by atoms with Crippen LogP contribution in [0.4, 0.5) is 0 Å². The zero-order valence-electron chi connectivity index (χ0n) is 11.5. The van der Waals surface area contributed by atoms with Crippen LogP contribution in [0.5, 0.6) is 0 Å². The van der Waals surface area contributed by atoms with Gasteiger partial charge >= 0.3 is 0 Å². The summed E-state index contributed by atoms with van der Waals surface area (Å²) in [5.41, 5.74) is 1.02. The van der Waals surface area contributed by atoms with Crippen molar-refractivity contribution in [3.05, 3.63) is 64.1 Å². The second kappa shape index (κ2) is 7.74. The fourth-order valence-electron chi connectivity index (χ4n) is 1.71. The largest absolute Gasteiger partial charge is 0.351 e. The lowest BCUT2D eigenvalue weighted by molar-refractivity contribution is -0.120. The third-order valence-corrected chi connectivity index (χ3v) is 4.49. The highest BCUT2D eigenvalue weighted by atomic mass is 35.5. The molecule has 110 valence electrons. The van der Waals surface area contributed by atoms with Crippen molar-refractivity contribution in [3.8, 4) is 0 Å². The number of hydrogen-bond acceptors (Lipinski definition) is 2. The van der Waals surface area contributed by atoms with Crippen molar-refractivity contribution in [2.75, 3.05) is 0 Å². The van der Waals surface area contributed by atoms with E-state index in [9.17, 15) is 4.79 Å². The molecule has 0 unspecified atom stereocenters. The molecule has 0 bridgehead atoms. The third-order valence-electron chi connectivity index (χ3n) is 2.88. The highest BCUT2D eigenvalue weighted by Gasteiger charge is 2.13. The van der Waals surface area contributed by atoms with Crippen molar-refractivity contribution in [2.45, 2.75) is 23.6 Å². The molecule has 0 aliphatic carbocycles. The van der Waals surface area contributed by atoms with E-state index in [0.29, 0.717) is 16.6 Å². The van der Waals surface area contributed by atoms with Crippen molar-refractivity contribution in [3.63, 3.8) is 0 Å². The van der Waals surface area contributed by atoms with Crippen LogP contribution in [0.2, 0.25) is 10.0 Å². The summed E-state index contributed by atoms with van der Waals surface area (Å²) in [6.45, 7) is 2.39. The van der Waals surface area contributed by atoms with Crippen molar-refractivity contribution >= 4 is 40.9 Å². The lowest BCUT2D eigenvalue weighted by Gasteiger charge is -2.12. The van der Waals surface area contributed by atoms with Crippen molar-refractivity contribution in [2.24, 2.45) is 0 Å². The van der Waals surface area contributed by atoms with Gasteiger partial charge in [-0.05, 0) is 48.9 Å². The molecule has 2 rings (SSSR count). The Hall–Kier alpha value is -1.16. The van der Waals surface area contributed by atoms with Gasteiger partial charge in [-0.3, -0.25) is 4.79 Å². The van der Waals surface area contributed by atoms with Crippen LogP contribution < -0.4 is 5.32 Å². The van der Waals surface area contributed by atoms with E-state index in [0.717, 1.165) is 10.5 Å². The minimum absolute atomic E-state index is 0.00454. The number of hydrogen-bond donors (Lipinski definition) is 1. The van der Waals surface area contributed by atoms with Crippen LogP contribution >= 0.6 is 35.0 Å². The number of amides is 1. The molecule has 0 heterocycles. The fraction of sp³-hybridized carbons (Fsp3) is 0.188. The summed E-state index contributed by atoms with van der Waals surface area (Å²) in [5.74, 6) is 0.00454. The van der Waals surface area contributed by atoms with Crippen molar-refractivity contribution in [1.29, 1.82) is 0 Å². The van der Waals surface area contributed by atoms with E-state index in [2.05, 4.69) is 5.32 Å². The van der Waals surface area contributed by atoms with Crippen LogP contribution in [0, 0.1) is 0 Å². The molecule has 0 aliphatic heterocycles. The fourth-order valence-corrected chi connectivity index (χ4v) is 2.85. The molecule has 0 saturated carbocycles. The molecular weight excluding hydrogens is 325 g/mol. The smallest absolute Gasteiger partial charge is 0.233 e. The van der Waals surface area contributed by atoms with Crippen LogP contribution in [0.3, 0.4) is 0 Å². The molecule has 2 nitrogen and oxygen atoms in total. The zero-order valence-corrected chi connectivity index (χ0v) is 13.8. The van der Waals surface area contributed by atoms with Crippen LogP contribution in [-0.4, -0.2) is 11.2 Å². The van der Waals surface area contributed by atoms with Gasteiger partial charge in [-0.15, -0.1) is 11.8 Å². The lowest BCUT2D eigenvalue weighted by Crippen LogP contribution is -2.30. The summed E-state index contributed by atoms with van der Waals surface area (Å²) < 4.78 is 0. The molecule has 2 aromatic carbocycles. The molecule has 0 saturated heterocycles. The normalized spacial score (nSPS) is 12.0. The molecule has 1 atom stereocenters. The van der Waals surface area contributed by atoms with Gasteiger partial charge in [0.25, 0.3) is 0 Å². The number of thioether (sulfide) groups is 1. The molecule has 0 aromatic heterocycles. The van der Waals surface area contributed by atoms with Crippen LogP contribution in [0.25, 0.3) is 0 Å². The van der Waals surface area contributed by atoms with Gasteiger partial charge < -0.3 is 5.32 Å². The predicted octanol–water partition coefficient (Wildman–Crippen LogP) is 4.79. The first-order chi connectivity index (χ1) is 10.0. The second-order valence-corrected chi connectivity index (χ2v) is 6.85. The number of carbonyl (C=O) groups excluding carboxylic acids is 1. The summed E-state index contributed by atoms with van der Waals surface area (Å²) in [6, 6.07) is 14.9. The number of rotatable bonds is 5. The first kappa shape index (κ1) is 16.2. The standard InChI is InChI=1S/C16H15Cl2NOS/c1-11(21-15-8-6-14(18)7-9-15)16(20)19-10-12-2-4-13(17)5-3-12/h2-9,11H,10H2,1H3,(H,19,20)/t11-/m0/s1. The Kier molecular flexibility index (Phi) is 5.97. The topological polar surface area (TPSA) is 29.1 Å². The van der Waals surface area contributed by atoms with E-state index in [4.69, 9.17) is 23.2 Å². The molecule has 1 N–H and O–H groups in total. The van der Waals surface area contributed by atoms with Gasteiger partial charge in [-0.1, -0.05) is 35.3 Å². The minimum atomic E-state index is -0.168. The van der Waals surface area contributed by atoms with Crippen LogP contribution in [-0.2, 0) is 11.3 Å². The van der Waals surface area contributed by atoms with Gasteiger partial charge in [0.15, 0.2) is 0 Å². The van der Waals surface area contributed by atoms with Crippen molar-refractivity contribution in [1.82, 2.24) is 5.32 Å². The van der Waals surface area contributed by atoms with E-state index < -0.39 is 0 Å². The van der Waals surface area contributed by atoms with E-state index in [1.165, 1.54) is 11.8 Å². The Morgan fingerprint density at radius 2 is 1.57 bits per heavy atom. The highest BCUT2D eigenvalue weighted by molar-refractivity contribution is 8.00. The van der Waals surface area contributed by atoms with E-state index >= 15 is 0 Å². The number of halogens is 2. The first-order valence-corrected chi connectivity index (χ1v) is 8.12. The average molecular weight is 340 g/mol. The third kappa shape index (κ3) is 5.27. The van der Waals surface area contributed by atoms with Gasteiger partial charge in [0.2, 0.25) is 5.91 Å². The maximum Gasteiger partial charge on any atom is 0.233 e. The molecule has 0 spiro atoms. The summed E-state index contributed by atoms with van der Waals surface area (Å²) in [4.78, 5) is 13.1. The second-order valence-electron chi connectivity index (χ2n) is 4.56. The predicted molar refractivity (Wildman–Crippen MR) is 90.1 cm³/mol. The van der Waals surface area contributed by atoms with E-state index in [1.54, 1.807) is 0 Å². The quantitative estimate of drug-likeness (QED) is 0.793. The monoisotopic (exact) mass is 339 g/mol. The molecule has 1 amide bonds. The maximum atomic E-state index is 12.1. The van der Waals surface area contributed by atoms with Crippen LogP contribution in [0.15, 0.2) is 53.4 Å². The molecular formula is C16H15Cl2NOS. The number of carbonyl (C=O) groups is 1. The minimum Gasteiger partial charge on any atom is -0.351 e. The summed E-state index contributed by atoms with van der Waals surface area (Å²) in [6.07, 6.45) is 0. The Balaban J connectivity index is 1.84. The Morgan fingerprint density at radius 3 is 2.14 bits per heavy atom. The van der Waals surface area contributed by atoms with Gasteiger partial charge in [0.05, 0.1) is 5.25 Å². The Labute approximate surface area is 138 Å². The first-order valence-electron chi connectivity index (χ1n) is 6.49. The molecule has 2 aromatic rings. The Bertz CT molecular complexity index is 599. The summed E-state index contributed by atoms with van der Waals surface area (Å²) in [5, 5.41) is 4.14. The molecule has 21 heavy (non-hydrogen) atoms. The highest BCUT2D eigenvalue weighted by Crippen LogP contribution is 2.24. The van der Waals surface area contributed by atoms with Crippen molar-refractivity contribution < 1.29 is 4.79 Å². The van der Waals surface area contributed by atoms with Gasteiger partial charge in [-0.25, -0.2) is 0 Å². The number of benzene rings is 2. The zero-order chi connectivity index (χ0) is 15.2. The van der Waals surface area contributed by atoms with Gasteiger partial charge in [0, 0.05) is 21.5 Å². The van der Waals surface area contributed by atoms with Gasteiger partial charge in [-0.2, -0.15) is 0 Å². The molecule has 0 radical (unpaired) electrons. The maximum absolute atomic E-state index is 12.1.